The lowest BCUT2D eigenvalue weighted by Gasteiger charge is -2.53. The minimum atomic E-state index is -0.877. The van der Waals surface area contributed by atoms with Gasteiger partial charge in [0.1, 0.15) is 19.0 Å². The van der Waals surface area contributed by atoms with Gasteiger partial charge in [0, 0.05) is 18.9 Å². The van der Waals surface area contributed by atoms with Crippen molar-refractivity contribution >= 4 is 0 Å². The van der Waals surface area contributed by atoms with E-state index in [0.717, 1.165) is 0 Å². The van der Waals surface area contributed by atoms with E-state index < -0.39 is 23.9 Å². The van der Waals surface area contributed by atoms with Crippen molar-refractivity contribution < 1.29 is 29.2 Å². The van der Waals surface area contributed by atoms with Gasteiger partial charge in [-0.15, -0.1) is 5.11 Å². The summed E-state index contributed by atoms with van der Waals surface area (Å²) in [5.74, 6) is 5.12. The average molecular weight is 319 g/mol. The third-order valence-electron chi connectivity index (χ3n) is 4.42. The SMILES string of the molecule is COC1C2OCOC(N=NN)C2OC(CC(O)CO)C1(C)C. The van der Waals surface area contributed by atoms with Crippen LogP contribution in [0.4, 0.5) is 0 Å². The summed E-state index contributed by atoms with van der Waals surface area (Å²) in [4.78, 5) is 0. The third kappa shape index (κ3) is 3.24. The Balaban J connectivity index is 2.25. The maximum Gasteiger partial charge on any atom is 0.202 e. The molecule has 22 heavy (non-hydrogen) atoms. The monoisotopic (exact) mass is 319 g/mol. The fourth-order valence-electron chi connectivity index (χ4n) is 3.20. The molecule has 2 saturated heterocycles. The number of hydrogen-bond acceptors (Lipinski definition) is 8. The number of nitrogens with zero attached hydrogens (tertiary/aromatic N) is 2. The second-order valence-corrected chi connectivity index (χ2v) is 6.18. The van der Waals surface area contributed by atoms with Gasteiger partial charge in [0.2, 0.25) is 6.23 Å². The van der Waals surface area contributed by atoms with Crippen LogP contribution in [-0.4, -0.2) is 67.5 Å². The number of rotatable bonds is 5. The van der Waals surface area contributed by atoms with Crippen LogP contribution in [0, 0.1) is 5.41 Å². The van der Waals surface area contributed by atoms with Crippen molar-refractivity contribution in [1.29, 1.82) is 0 Å². The predicted octanol–water partition coefficient (Wildman–Crippen LogP) is -0.437. The van der Waals surface area contributed by atoms with Gasteiger partial charge in [0.15, 0.2) is 0 Å². The molecule has 9 nitrogen and oxygen atoms in total. The highest BCUT2D eigenvalue weighted by Crippen LogP contribution is 2.43. The number of aliphatic hydroxyl groups excluding tert-OH is 2. The predicted molar refractivity (Wildman–Crippen MR) is 74.6 cm³/mol. The average Bonchev–Trinajstić information content (AvgIpc) is 2.48. The van der Waals surface area contributed by atoms with E-state index in [1.165, 1.54) is 0 Å². The second kappa shape index (κ2) is 7.16. The first-order chi connectivity index (χ1) is 10.5. The normalized spacial score (nSPS) is 39.6. The summed E-state index contributed by atoms with van der Waals surface area (Å²) in [5, 5.41) is 26.0. The molecule has 2 rings (SSSR count). The zero-order valence-corrected chi connectivity index (χ0v) is 13.1. The highest BCUT2D eigenvalue weighted by atomic mass is 16.7. The number of hydrogen-bond donors (Lipinski definition) is 3. The van der Waals surface area contributed by atoms with E-state index in [0.29, 0.717) is 0 Å². The van der Waals surface area contributed by atoms with Gasteiger partial charge in [-0.25, -0.2) is 0 Å². The molecule has 2 aliphatic rings. The first-order valence-corrected chi connectivity index (χ1v) is 7.26. The first-order valence-electron chi connectivity index (χ1n) is 7.26. The lowest BCUT2D eigenvalue weighted by molar-refractivity contribution is -0.328. The Kier molecular flexibility index (Phi) is 5.70. The van der Waals surface area contributed by atoms with E-state index in [1.54, 1.807) is 7.11 Å². The van der Waals surface area contributed by atoms with Crippen molar-refractivity contribution in [3.63, 3.8) is 0 Å². The fraction of sp³-hybridized carbons (Fsp3) is 1.00. The van der Waals surface area contributed by atoms with Crippen molar-refractivity contribution in [1.82, 2.24) is 0 Å². The highest BCUT2D eigenvalue weighted by Gasteiger charge is 2.55. The fourth-order valence-corrected chi connectivity index (χ4v) is 3.20. The van der Waals surface area contributed by atoms with Crippen LogP contribution >= 0.6 is 0 Å². The summed E-state index contributed by atoms with van der Waals surface area (Å²) in [5.41, 5.74) is -0.437. The van der Waals surface area contributed by atoms with Crippen LogP contribution in [0.3, 0.4) is 0 Å². The van der Waals surface area contributed by atoms with Crippen LogP contribution < -0.4 is 5.84 Å². The molecule has 0 radical (unpaired) electrons. The van der Waals surface area contributed by atoms with Gasteiger partial charge in [0.25, 0.3) is 0 Å². The van der Waals surface area contributed by atoms with Crippen molar-refractivity contribution in [2.45, 2.75) is 57.0 Å². The number of aliphatic hydroxyl groups is 2. The molecule has 6 unspecified atom stereocenters. The van der Waals surface area contributed by atoms with Crippen molar-refractivity contribution in [2.24, 2.45) is 21.6 Å². The maximum atomic E-state index is 9.77. The van der Waals surface area contributed by atoms with Crippen LogP contribution in [0.15, 0.2) is 10.3 Å². The summed E-state index contributed by atoms with van der Waals surface area (Å²) in [6.07, 6.45) is -2.89. The molecule has 0 aliphatic carbocycles. The quantitative estimate of drug-likeness (QED) is 0.356. The van der Waals surface area contributed by atoms with Crippen molar-refractivity contribution in [3.8, 4) is 0 Å². The lowest BCUT2D eigenvalue weighted by Crippen LogP contribution is -2.65. The van der Waals surface area contributed by atoms with Gasteiger partial charge >= 0.3 is 0 Å². The standard InChI is InChI=1S/C13H25N3O6/c1-13(2)8(4-7(18)5-17)22-10-9(11(13)19-3)20-6-21-12(10)15-16-14/h7-12,17-18H,4-6H2,1-3H3,(H2,14,15). The second-order valence-electron chi connectivity index (χ2n) is 6.18. The Hall–Kier alpha value is -0.840. The molecule has 0 amide bonds. The molecule has 4 N–H and O–H groups in total. The summed E-state index contributed by atoms with van der Waals surface area (Å²) < 4.78 is 22.7. The Morgan fingerprint density at radius 1 is 1.36 bits per heavy atom. The van der Waals surface area contributed by atoms with Gasteiger partial charge in [-0.2, -0.15) is 0 Å². The molecular formula is C13H25N3O6. The van der Waals surface area contributed by atoms with E-state index in [4.69, 9.17) is 29.9 Å². The van der Waals surface area contributed by atoms with Crippen LogP contribution in [0.2, 0.25) is 0 Å². The van der Waals surface area contributed by atoms with Crippen LogP contribution in [0.5, 0.6) is 0 Å². The minimum absolute atomic E-state index is 0.0497. The molecule has 6 atom stereocenters. The molecule has 128 valence electrons. The first kappa shape index (κ1) is 17.5. The van der Waals surface area contributed by atoms with E-state index in [-0.39, 0.29) is 38.1 Å². The zero-order valence-electron chi connectivity index (χ0n) is 13.1. The van der Waals surface area contributed by atoms with Crippen LogP contribution in [-0.2, 0) is 18.9 Å². The molecule has 0 aromatic rings. The Bertz CT molecular complexity index is 394. The molecular weight excluding hydrogens is 294 g/mol. The minimum Gasteiger partial charge on any atom is -0.394 e. The molecule has 9 heteroatoms. The molecule has 2 fully saturated rings. The van der Waals surface area contributed by atoms with Crippen LogP contribution in [0.25, 0.3) is 0 Å². The molecule has 2 heterocycles. The van der Waals surface area contributed by atoms with Crippen molar-refractivity contribution in [3.05, 3.63) is 0 Å². The van der Waals surface area contributed by atoms with Gasteiger partial charge in [-0.3, -0.25) is 0 Å². The van der Waals surface area contributed by atoms with E-state index in [9.17, 15) is 5.11 Å². The summed E-state index contributed by atoms with van der Waals surface area (Å²) in [7, 11) is 1.60. The Morgan fingerprint density at radius 3 is 2.68 bits per heavy atom. The summed E-state index contributed by atoms with van der Waals surface area (Å²) in [6, 6.07) is 0. The summed E-state index contributed by atoms with van der Waals surface area (Å²) >= 11 is 0. The number of methoxy groups -OCH3 is 1. The van der Waals surface area contributed by atoms with Crippen LogP contribution in [0.1, 0.15) is 20.3 Å². The van der Waals surface area contributed by atoms with E-state index in [2.05, 4.69) is 10.3 Å². The third-order valence-corrected chi connectivity index (χ3v) is 4.42. The maximum absolute atomic E-state index is 9.77. The molecule has 2 aliphatic heterocycles. The smallest absolute Gasteiger partial charge is 0.202 e. The number of fused-ring (bicyclic) bond motifs is 1. The molecule has 0 aromatic carbocycles. The summed E-state index contributed by atoms with van der Waals surface area (Å²) in [6.45, 7) is 3.67. The molecule has 0 aromatic heterocycles. The Labute approximate surface area is 129 Å². The van der Waals surface area contributed by atoms with Gasteiger partial charge in [-0.1, -0.05) is 19.1 Å². The number of nitrogens with two attached hydrogens (primary N) is 1. The van der Waals surface area contributed by atoms with Gasteiger partial charge in [0.05, 0.1) is 24.9 Å². The highest BCUT2D eigenvalue weighted by molar-refractivity contribution is 5.02. The van der Waals surface area contributed by atoms with Crippen molar-refractivity contribution in [2.75, 3.05) is 20.5 Å². The van der Waals surface area contributed by atoms with Gasteiger partial charge < -0.3 is 35.0 Å². The largest absolute Gasteiger partial charge is 0.394 e. The molecule has 0 bridgehead atoms. The van der Waals surface area contributed by atoms with E-state index >= 15 is 0 Å². The zero-order chi connectivity index (χ0) is 16.3. The van der Waals surface area contributed by atoms with Gasteiger partial charge in [-0.05, 0) is 0 Å². The number of ether oxygens (including phenoxy) is 4. The topological polar surface area (TPSA) is 128 Å². The Morgan fingerprint density at radius 2 is 2.09 bits per heavy atom. The molecule has 0 spiro atoms. The van der Waals surface area contributed by atoms with E-state index in [1.807, 2.05) is 13.8 Å². The molecule has 0 saturated carbocycles. The lowest BCUT2D eigenvalue weighted by atomic mass is 9.72.